The van der Waals surface area contributed by atoms with Crippen molar-refractivity contribution in [1.82, 2.24) is 38.2 Å². The molecule has 0 N–H and O–H groups in total. The second-order valence-corrected chi connectivity index (χ2v) is 40.2. The molecule has 4 aliphatic heterocycles. The van der Waals surface area contributed by atoms with E-state index in [2.05, 4.69) is 53.2 Å². The van der Waals surface area contributed by atoms with Gasteiger partial charge in [0.05, 0.1) is 54.6 Å². The lowest BCUT2D eigenvalue weighted by atomic mass is 9.88. The molecule has 7 saturated carbocycles. The Labute approximate surface area is 808 Å². The summed E-state index contributed by atoms with van der Waals surface area (Å²) in [6.07, 6.45) is 25.7. The average molecular weight is 1890 g/mol. The standard InChI is InChI=1S/C29H29FN4O.C28H26ClFN4O.C28H26F2N4O.C26H24ClFN4O/c1-18-27(33-15-14-19-4-3-5-23(19)17-33)32-28(22-10-13-26(31-2)25(30)16-22)34(29(18)35)24-11-8-21(9-12-24)20-6-7-20;1-31-24-12-9-20(15-23(24)30)26-32-27(33-14-13-17-3-2-4-21(17)16-33)25(29)28(35)34(26)22-10-7-19(8-11-22)18-5-6-18;1-31-24-12-9-20(15-23(24)29)26-32-27(33-14-13-17-3-2-4-21(17)16-33)25(30)28(35)34(26)22-10-7-19(8-11-22)18-5-6-18;1-16-11-13-31(14-12-16)25-23(27)26(33)32(20-8-5-18(6-9-20)17-3-4-17)24(30-25)19-7-10-22(29-2)21(28)15-19/h8-13,16,19-20,23H,3-7,14-15,17H2,1H3;2*7-12,15,17-18,21H,2-6,13-14,16H2;5-10,15-17H,3-4,11-14H2,1H3. The summed E-state index contributed by atoms with van der Waals surface area (Å²) in [5.41, 5.74) is 7.81. The third kappa shape index (κ3) is 18.9. The Balaban J connectivity index is 0.000000113. The van der Waals surface area contributed by atoms with Crippen molar-refractivity contribution in [1.29, 1.82) is 0 Å². The van der Waals surface area contributed by atoms with Gasteiger partial charge in [-0.25, -0.2) is 56.9 Å². The van der Waals surface area contributed by atoms with E-state index in [0.717, 1.165) is 108 Å². The van der Waals surface area contributed by atoms with Gasteiger partial charge < -0.3 is 19.6 Å². The molecule has 23 rings (SSSR count). The maximum atomic E-state index is 15.6. The van der Waals surface area contributed by atoms with E-state index in [0.29, 0.717) is 146 Å². The summed E-state index contributed by atoms with van der Waals surface area (Å²) in [6, 6.07) is 48.6. The minimum absolute atomic E-state index is 0.0351. The summed E-state index contributed by atoms with van der Waals surface area (Å²) in [7, 11) is 0. The number of benzene rings is 8. The lowest BCUT2D eigenvalue weighted by Gasteiger charge is -2.36. The lowest BCUT2D eigenvalue weighted by Crippen LogP contribution is -2.41. The monoisotopic (exact) mass is 1890 g/mol. The molecular formula is C111H105Cl2F5N16O4. The SMILES string of the molecule is [C-]#[N+]c1ccc(-c2nc(N3CCC(C)CC3)c(Cl)c(=O)n2-c2ccc(C3CC3)cc2)cc1F.[C-]#[N+]c1ccc(-c2nc(N3CCC4CCCC4C3)c(C)c(=O)n2-c2ccc(C3CC3)cc2)cc1F.[C-]#[N+]c1ccc(-c2nc(N3CCC4CCCC4C3)c(Cl)c(=O)n2-c2ccc(C3CC3)cc2)cc1F.[C-]#[N+]c1ccc(-c2nc(N3CCC4CCCC4C3)c(F)c(=O)n2-c2ccc(C3CC3)cc2)cc1F. The molecule has 4 saturated heterocycles. The summed E-state index contributed by atoms with van der Waals surface area (Å²) in [6.45, 7) is 39.0. The minimum Gasteiger partial charge on any atom is -0.356 e. The van der Waals surface area contributed by atoms with Crippen molar-refractivity contribution in [3.63, 3.8) is 0 Å². The maximum Gasteiger partial charge on any atom is 0.296 e. The summed E-state index contributed by atoms with van der Waals surface area (Å²) in [4.78, 5) is 95.2. The molecule has 6 unspecified atom stereocenters. The Morgan fingerprint density at radius 2 is 0.565 bits per heavy atom. The number of aromatic nitrogens is 8. The fourth-order valence-electron chi connectivity index (χ4n) is 22.0. The van der Waals surface area contributed by atoms with Crippen LogP contribution in [0.1, 0.15) is 200 Å². The van der Waals surface area contributed by atoms with Crippen LogP contribution in [0.3, 0.4) is 0 Å². The van der Waals surface area contributed by atoms with Crippen LogP contribution in [-0.2, 0) is 0 Å². The van der Waals surface area contributed by atoms with Crippen LogP contribution in [0.4, 0.5) is 68.0 Å². The van der Waals surface area contributed by atoms with E-state index in [1.807, 2.05) is 89.5 Å². The molecule has 8 heterocycles. The Morgan fingerprint density at radius 3 is 0.870 bits per heavy atom. The normalized spacial score (nSPS) is 20.4. The van der Waals surface area contributed by atoms with Gasteiger partial charge in [0.2, 0.25) is 28.6 Å². The molecule has 20 nitrogen and oxygen atoms in total. The number of anilines is 4. The molecule has 11 fully saturated rings. The Hall–Kier alpha value is -13.3. The van der Waals surface area contributed by atoms with Crippen LogP contribution >= 0.6 is 23.2 Å². The van der Waals surface area contributed by atoms with Crippen molar-refractivity contribution in [2.24, 2.45) is 41.4 Å². The van der Waals surface area contributed by atoms with E-state index in [1.165, 1.54) is 174 Å². The van der Waals surface area contributed by atoms with Crippen molar-refractivity contribution in [3.05, 3.63) is 324 Å². The van der Waals surface area contributed by atoms with Gasteiger partial charge in [0.25, 0.3) is 22.2 Å². The summed E-state index contributed by atoms with van der Waals surface area (Å²) >= 11 is 13.3. The molecule has 11 aliphatic rings. The van der Waals surface area contributed by atoms with E-state index >= 15 is 4.39 Å². The number of hydrogen-bond donors (Lipinski definition) is 0. The van der Waals surface area contributed by atoms with Crippen LogP contribution in [0.2, 0.25) is 10.0 Å². The number of rotatable bonds is 16. The maximum absolute atomic E-state index is 15.6. The van der Waals surface area contributed by atoms with Gasteiger partial charge >= 0.3 is 0 Å². The average Bonchev–Trinajstić information content (AvgIpc) is 1.72. The van der Waals surface area contributed by atoms with Crippen LogP contribution in [0.5, 0.6) is 0 Å². The second kappa shape index (κ2) is 39.3. The van der Waals surface area contributed by atoms with Crippen molar-refractivity contribution < 1.29 is 22.0 Å². The van der Waals surface area contributed by atoms with Gasteiger partial charge in [0, 0.05) is 74.6 Å². The highest BCUT2D eigenvalue weighted by atomic mass is 35.5. The molecule has 27 heteroatoms. The van der Waals surface area contributed by atoms with Gasteiger partial charge in [0.15, 0.2) is 17.5 Å². The number of fused-ring (bicyclic) bond motifs is 3. The first-order valence-electron chi connectivity index (χ1n) is 48.8. The van der Waals surface area contributed by atoms with E-state index < -0.39 is 34.6 Å². The molecular weight excluding hydrogens is 1790 g/mol. The summed E-state index contributed by atoms with van der Waals surface area (Å²) in [5, 5.41) is 0.160. The van der Waals surface area contributed by atoms with E-state index in [-0.39, 0.29) is 61.1 Å². The van der Waals surface area contributed by atoms with Gasteiger partial charge in [-0.15, -0.1) is 0 Å². The predicted molar refractivity (Wildman–Crippen MR) is 532 cm³/mol. The highest BCUT2D eigenvalue weighted by Crippen LogP contribution is 2.48. The molecule has 6 atom stereocenters. The van der Waals surface area contributed by atoms with Crippen molar-refractivity contribution in [2.75, 3.05) is 72.0 Å². The first-order valence-corrected chi connectivity index (χ1v) is 49.5. The fourth-order valence-corrected chi connectivity index (χ4v) is 22.5. The molecule has 0 amide bonds. The Kier molecular flexibility index (Phi) is 26.3. The predicted octanol–water partition coefficient (Wildman–Crippen LogP) is 25.7. The molecule has 12 aromatic rings. The first kappa shape index (κ1) is 92.4. The molecule has 138 heavy (non-hydrogen) atoms. The highest BCUT2D eigenvalue weighted by Gasteiger charge is 2.40. The van der Waals surface area contributed by atoms with Gasteiger partial charge in [-0.1, -0.05) is 166 Å². The van der Waals surface area contributed by atoms with E-state index in [1.54, 1.807) is 41.0 Å². The van der Waals surface area contributed by atoms with Gasteiger partial charge in [-0.2, -0.15) is 4.39 Å². The molecule has 4 aromatic heterocycles. The minimum atomic E-state index is -0.880. The second-order valence-electron chi connectivity index (χ2n) is 39.5. The van der Waals surface area contributed by atoms with Crippen LogP contribution in [0, 0.1) is 104 Å². The quantitative estimate of drug-likeness (QED) is 0.0664. The topological polar surface area (TPSA) is 170 Å². The molecule has 0 radical (unpaired) electrons. The first-order chi connectivity index (χ1) is 67.0. The third-order valence-electron chi connectivity index (χ3n) is 30.5. The third-order valence-corrected chi connectivity index (χ3v) is 31.2. The number of halogens is 7. The van der Waals surface area contributed by atoms with Crippen molar-refractivity contribution >= 4 is 69.2 Å². The molecule has 0 bridgehead atoms. The zero-order valence-corrected chi connectivity index (χ0v) is 78.7. The zero-order chi connectivity index (χ0) is 95.4. The van der Waals surface area contributed by atoms with Crippen LogP contribution in [0.25, 0.3) is 87.7 Å². The van der Waals surface area contributed by atoms with Gasteiger partial charge in [0.1, 0.15) is 62.4 Å². The molecule has 7 aliphatic carbocycles. The van der Waals surface area contributed by atoms with E-state index in [9.17, 15) is 36.7 Å². The fraction of sp³-hybridized carbons (Fsp3) is 0.387. The Bertz CT molecular complexity index is 6650. The largest absolute Gasteiger partial charge is 0.356 e. The van der Waals surface area contributed by atoms with Gasteiger partial charge in [-0.3, -0.25) is 37.4 Å². The number of piperidine rings is 4. The summed E-state index contributed by atoms with van der Waals surface area (Å²) < 4.78 is 79.8. The Morgan fingerprint density at radius 1 is 0.304 bits per heavy atom. The molecule has 702 valence electrons. The summed E-state index contributed by atoms with van der Waals surface area (Å²) in [5.74, 6) is 6.32. The number of hydrogen-bond acceptors (Lipinski definition) is 12. The lowest BCUT2D eigenvalue weighted by molar-refractivity contribution is 0.320. The van der Waals surface area contributed by atoms with Crippen molar-refractivity contribution in [2.45, 2.75) is 179 Å². The van der Waals surface area contributed by atoms with Crippen LogP contribution in [-0.4, -0.2) is 90.6 Å². The van der Waals surface area contributed by atoms with Gasteiger partial charge in [-0.05, 0) is 270 Å². The number of nitrogens with zero attached hydrogens (tertiary/aromatic N) is 16. The van der Waals surface area contributed by atoms with E-state index in [4.69, 9.17) is 64.4 Å². The van der Waals surface area contributed by atoms with Crippen LogP contribution < -0.4 is 41.8 Å². The highest BCUT2D eigenvalue weighted by molar-refractivity contribution is 6.33. The smallest absolute Gasteiger partial charge is 0.296 e. The molecule has 8 aromatic carbocycles. The van der Waals surface area contributed by atoms with Crippen molar-refractivity contribution in [3.8, 4) is 68.3 Å². The molecule has 0 spiro atoms. The zero-order valence-electron chi connectivity index (χ0n) is 77.2. The van der Waals surface area contributed by atoms with Crippen LogP contribution in [0.15, 0.2) is 189 Å².